The van der Waals surface area contributed by atoms with Crippen LogP contribution >= 0.6 is 11.8 Å². The second kappa shape index (κ2) is 7.00. The highest BCUT2D eigenvalue weighted by atomic mass is 32.2. The minimum atomic E-state index is -0.419. The number of nitro benzene ring substituents is 1. The third kappa shape index (κ3) is 3.67. The highest BCUT2D eigenvalue weighted by Gasteiger charge is 2.12. The van der Waals surface area contributed by atoms with E-state index in [0.717, 1.165) is 28.3 Å². The summed E-state index contributed by atoms with van der Waals surface area (Å²) in [5, 5.41) is 11.4. The molecule has 0 radical (unpaired) electrons. The molecule has 0 saturated heterocycles. The molecule has 1 heterocycles. The van der Waals surface area contributed by atoms with Crippen LogP contribution < -0.4 is 11.3 Å². The number of hydrazine groups is 1. The van der Waals surface area contributed by atoms with Crippen molar-refractivity contribution in [3.63, 3.8) is 0 Å². The van der Waals surface area contributed by atoms with Gasteiger partial charge in [0.05, 0.1) is 4.92 Å². The number of nitrogens with zero attached hydrogens (tertiary/aromatic N) is 3. The molecule has 0 aliphatic carbocycles. The van der Waals surface area contributed by atoms with Gasteiger partial charge in [0, 0.05) is 22.6 Å². The summed E-state index contributed by atoms with van der Waals surface area (Å²) in [6.45, 7) is 2.06. The molecule has 3 N–H and O–H groups in total. The fourth-order valence-electron chi connectivity index (χ4n) is 1.83. The summed E-state index contributed by atoms with van der Waals surface area (Å²) in [5.74, 6) is 6.08. The van der Waals surface area contributed by atoms with Gasteiger partial charge in [-0.15, -0.1) is 0 Å². The SMILES string of the molecule is CCCc1c(NN)ncnc1Sc1ccc([N+](=O)[O-])cc1. The van der Waals surface area contributed by atoms with E-state index < -0.39 is 4.92 Å². The van der Waals surface area contributed by atoms with Crippen molar-refractivity contribution in [3.05, 3.63) is 46.3 Å². The van der Waals surface area contributed by atoms with Gasteiger partial charge in [-0.3, -0.25) is 10.1 Å². The number of benzene rings is 1. The third-order valence-corrected chi connectivity index (χ3v) is 3.86. The van der Waals surface area contributed by atoms with Gasteiger partial charge in [-0.1, -0.05) is 25.1 Å². The van der Waals surface area contributed by atoms with E-state index >= 15 is 0 Å². The molecule has 8 heteroatoms. The average Bonchev–Trinajstić information content (AvgIpc) is 2.49. The first kappa shape index (κ1) is 15.2. The summed E-state index contributed by atoms with van der Waals surface area (Å²) in [5.41, 5.74) is 3.60. The molecule has 2 rings (SSSR count). The minimum Gasteiger partial charge on any atom is -0.308 e. The molecule has 0 fully saturated rings. The number of rotatable bonds is 6. The van der Waals surface area contributed by atoms with Gasteiger partial charge in [-0.25, -0.2) is 15.8 Å². The second-order valence-corrected chi connectivity index (χ2v) is 5.32. The zero-order valence-electron chi connectivity index (χ0n) is 11.4. The quantitative estimate of drug-likeness (QED) is 0.365. The number of hydrogen-bond acceptors (Lipinski definition) is 7. The van der Waals surface area contributed by atoms with Crippen LogP contribution in [0.4, 0.5) is 11.5 Å². The molecule has 0 atom stereocenters. The van der Waals surface area contributed by atoms with Gasteiger partial charge in [0.1, 0.15) is 17.2 Å². The van der Waals surface area contributed by atoms with Crippen molar-refractivity contribution in [1.82, 2.24) is 9.97 Å². The van der Waals surface area contributed by atoms with E-state index in [-0.39, 0.29) is 5.69 Å². The lowest BCUT2D eigenvalue weighted by atomic mass is 10.2. The second-order valence-electron chi connectivity index (χ2n) is 4.25. The fraction of sp³-hybridized carbons (Fsp3) is 0.231. The maximum absolute atomic E-state index is 10.6. The molecule has 1 aromatic heterocycles. The van der Waals surface area contributed by atoms with Gasteiger partial charge in [0.2, 0.25) is 0 Å². The van der Waals surface area contributed by atoms with Gasteiger partial charge in [0.25, 0.3) is 5.69 Å². The lowest BCUT2D eigenvalue weighted by molar-refractivity contribution is -0.384. The van der Waals surface area contributed by atoms with E-state index in [9.17, 15) is 10.1 Å². The average molecular weight is 305 g/mol. The first-order valence-electron chi connectivity index (χ1n) is 6.38. The molecule has 0 bridgehead atoms. The molecule has 0 aliphatic heterocycles. The summed E-state index contributed by atoms with van der Waals surface area (Å²) in [7, 11) is 0. The van der Waals surface area contributed by atoms with Crippen LogP contribution in [0.5, 0.6) is 0 Å². The third-order valence-electron chi connectivity index (χ3n) is 2.80. The molecule has 21 heavy (non-hydrogen) atoms. The lowest BCUT2D eigenvalue weighted by Gasteiger charge is -2.11. The van der Waals surface area contributed by atoms with Crippen LogP contribution in [0, 0.1) is 10.1 Å². The fourth-order valence-corrected chi connectivity index (χ4v) is 2.75. The van der Waals surface area contributed by atoms with Gasteiger partial charge >= 0.3 is 0 Å². The van der Waals surface area contributed by atoms with E-state index in [1.54, 1.807) is 12.1 Å². The van der Waals surface area contributed by atoms with Crippen molar-refractivity contribution < 1.29 is 4.92 Å². The Kier molecular flexibility index (Phi) is 5.07. The Morgan fingerprint density at radius 2 is 2.05 bits per heavy atom. The molecule has 0 amide bonds. The monoisotopic (exact) mass is 305 g/mol. The van der Waals surface area contributed by atoms with E-state index in [0.29, 0.717) is 5.82 Å². The summed E-state index contributed by atoms with van der Waals surface area (Å²) in [6.07, 6.45) is 3.19. The Balaban J connectivity index is 2.28. The van der Waals surface area contributed by atoms with E-state index in [4.69, 9.17) is 5.84 Å². The number of nitro groups is 1. The van der Waals surface area contributed by atoms with E-state index in [1.807, 2.05) is 0 Å². The summed E-state index contributed by atoms with van der Waals surface area (Å²) in [4.78, 5) is 19.5. The molecule has 110 valence electrons. The van der Waals surface area contributed by atoms with Gasteiger partial charge in [0.15, 0.2) is 0 Å². The van der Waals surface area contributed by atoms with Crippen molar-refractivity contribution in [2.45, 2.75) is 29.7 Å². The summed E-state index contributed by atoms with van der Waals surface area (Å²) in [6, 6.07) is 6.36. The predicted octanol–water partition coefficient (Wildman–Crippen LogP) is 2.77. The van der Waals surface area contributed by atoms with Crippen LogP contribution in [0.15, 0.2) is 40.5 Å². The zero-order valence-corrected chi connectivity index (χ0v) is 12.3. The van der Waals surface area contributed by atoms with E-state index in [2.05, 4.69) is 22.3 Å². The largest absolute Gasteiger partial charge is 0.308 e. The molecule has 1 aromatic carbocycles. The van der Waals surface area contributed by atoms with Crippen LogP contribution in [0.3, 0.4) is 0 Å². The number of aromatic nitrogens is 2. The maximum atomic E-state index is 10.6. The van der Waals surface area contributed by atoms with Gasteiger partial charge < -0.3 is 5.43 Å². The Morgan fingerprint density at radius 3 is 2.62 bits per heavy atom. The molecule has 0 unspecified atom stereocenters. The maximum Gasteiger partial charge on any atom is 0.269 e. The smallest absolute Gasteiger partial charge is 0.269 e. The number of hydrogen-bond donors (Lipinski definition) is 2. The zero-order chi connectivity index (χ0) is 15.2. The highest BCUT2D eigenvalue weighted by molar-refractivity contribution is 7.99. The molecule has 2 aromatic rings. The number of anilines is 1. The van der Waals surface area contributed by atoms with Crippen LogP contribution in [-0.4, -0.2) is 14.9 Å². The standard InChI is InChI=1S/C13H15N5O2S/c1-2-3-11-12(17-14)15-8-16-13(11)21-10-6-4-9(5-7-10)18(19)20/h4-8H,2-3,14H2,1H3,(H,15,16,17). The summed E-state index contributed by atoms with van der Waals surface area (Å²) >= 11 is 1.43. The van der Waals surface area contributed by atoms with Gasteiger partial charge in [-0.05, 0) is 18.6 Å². The van der Waals surface area contributed by atoms with Crippen molar-refractivity contribution in [3.8, 4) is 0 Å². The van der Waals surface area contributed by atoms with Crippen LogP contribution in [-0.2, 0) is 6.42 Å². The number of nitrogens with two attached hydrogens (primary N) is 1. The topological polar surface area (TPSA) is 107 Å². The Hall–Kier alpha value is -2.19. The highest BCUT2D eigenvalue weighted by Crippen LogP contribution is 2.32. The number of non-ortho nitro benzene ring substituents is 1. The van der Waals surface area contributed by atoms with Crippen LogP contribution in [0.1, 0.15) is 18.9 Å². The predicted molar refractivity (Wildman–Crippen MR) is 81.1 cm³/mol. The van der Waals surface area contributed by atoms with Crippen molar-refractivity contribution in [1.29, 1.82) is 0 Å². The molecular formula is C13H15N5O2S. The molecular weight excluding hydrogens is 290 g/mol. The number of nitrogen functional groups attached to an aromatic ring is 1. The van der Waals surface area contributed by atoms with Crippen LogP contribution in [0.2, 0.25) is 0 Å². The summed E-state index contributed by atoms with van der Waals surface area (Å²) < 4.78 is 0. The van der Waals surface area contributed by atoms with Crippen molar-refractivity contribution in [2.24, 2.45) is 5.84 Å². The first-order valence-corrected chi connectivity index (χ1v) is 7.20. The van der Waals surface area contributed by atoms with Crippen molar-refractivity contribution >= 4 is 23.3 Å². The Morgan fingerprint density at radius 1 is 1.33 bits per heavy atom. The Bertz CT molecular complexity index is 633. The number of nitrogens with one attached hydrogen (secondary N) is 1. The molecule has 0 spiro atoms. The van der Waals surface area contributed by atoms with Crippen molar-refractivity contribution in [2.75, 3.05) is 5.43 Å². The van der Waals surface area contributed by atoms with Crippen LogP contribution in [0.25, 0.3) is 0 Å². The minimum absolute atomic E-state index is 0.0696. The molecule has 7 nitrogen and oxygen atoms in total. The molecule has 0 aliphatic rings. The Labute approximate surface area is 126 Å². The van der Waals surface area contributed by atoms with Gasteiger partial charge in [-0.2, -0.15) is 0 Å². The normalized spacial score (nSPS) is 10.4. The lowest BCUT2D eigenvalue weighted by Crippen LogP contribution is -2.12. The first-order chi connectivity index (χ1) is 10.2. The molecule has 0 saturated carbocycles. The van der Waals surface area contributed by atoms with E-state index in [1.165, 1.54) is 30.2 Å².